The SMILES string of the molecule is CCOc1ccc(C2=NN(C(C)=O)[C@H](c3cccc(Br)c3)C2)cc1. The smallest absolute Gasteiger partial charge is 0.240 e. The van der Waals surface area contributed by atoms with Gasteiger partial charge < -0.3 is 4.74 Å². The van der Waals surface area contributed by atoms with Crippen LogP contribution in [0.2, 0.25) is 0 Å². The zero-order valence-electron chi connectivity index (χ0n) is 13.7. The molecule has 0 unspecified atom stereocenters. The molecule has 3 rings (SSSR count). The summed E-state index contributed by atoms with van der Waals surface area (Å²) in [5.74, 6) is 0.785. The highest BCUT2D eigenvalue weighted by Crippen LogP contribution is 2.34. The van der Waals surface area contributed by atoms with Gasteiger partial charge in [0.05, 0.1) is 18.4 Å². The summed E-state index contributed by atoms with van der Waals surface area (Å²) < 4.78 is 6.48. The molecule has 1 atom stereocenters. The fourth-order valence-electron chi connectivity index (χ4n) is 2.86. The average Bonchev–Trinajstić information content (AvgIpc) is 3.01. The number of ether oxygens (including phenoxy) is 1. The third-order valence-electron chi connectivity index (χ3n) is 3.96. The van der Waals surface area contributed by atoms with Crippen molar-refractivity contribution >= 4 is 27.5 Å². The van der Waals surface area contributed by atoms with Crippen LogP contribution in [0.15, 0.2) is 58.1 Å². The zero-order valence-corrected chi connectivity index (χ0v) is 15.3. The Morgan fingerprint density at radius 2 is 2.04 bits per heavy atom. The Hall–Kier alpha value is -2.14. The Kier molecular flexibility index (Phi) is 5.00. The van der Waals surface area contributed by atoms with Crippen LogP contribution in [-0.4, -0.2) is 23.2 Å². The van der Waals surface area contributed by atoms with Gasteiger partial charge in [-0.25, -0.2) is 5.01 Å². The minimum Gasteiger partial charge on any atom is -0.494 e. The molecule has 124 valence electrons. The molecule has 4 nitrogen and oxygen atoms in total. The summed E-state index contributed by atoms with van der Waals surface area (Å²) in [5, 5.41) is 6.14. The van der Waals surface area contributed by atoms with Crippen LogP contribution < -0.4 is 4.74 Å². The van der Waals surface area contributed by atoms with E-state index in [-0.39, 0.29) is 11.9 Å². The molecule has 0 fully saturated rings. The molecule has 0 saturated heterocycles. The lowest BCUT2D eigenvalue weighted by molar-refractivity contribution is -0.130. The van der Waals surface area contributed by atoms with Crippen LogP contribution in [-0.2, 0) is 4.79 Å². The lowest BCUT2D eigenvalue weighted by Gasteiger charge is -2.20. The van der Waals surface area contributed by atoms with Gasteiger partial charge in [-0.15, -0.1) is 0 Å². The number of halogens is 1. The zero-order chi connectivity index (χ0) is 17.1. The Balaban J connectivity index is 1.88. The Morgan fingerprint density at radius 3 is 2.67 bits per heavy atom. The maximum atomic E-state index is 12.0. The molecule has 0 saturated carbocycles. The van der Waals surface area contributed by atoms with E-state index in [0.717, 1.165) is 27.1 Å². The monoisotopic (exact) mass is 386 g/mol. The number of benzene rings is 2. The highest BCUT2D eigenvalue weighted by molar-refractivity contribution is 9.10. The summed E-state index contributed by atoms with van der Waals surface area (Å²) in [6.45, 7) is 4.15. The van der Waals surface area contributed by atoms with Gasteiger partial charge in [0, 0.05) is 17.8 Å². The van der Waals surface area contributed by atoms with Gasteiger partial charge in [0.25, 0.3) is 0 Å². The third-order valence-corrected chi connectivity index (χ3v) is 4.46. The number of hydrazone groups is 1. The Labute approximate surface area is 150 Å². The molecule has 5 heteroatoms. The lowest BCUT2D eigenvalue weighted by Crippen LogP contribution is -2.24. The van der Waals surface area contributed by atoms with E-state index in [2.05, 4.69) is 21.0 Å². The first-order valence-corrected chi connectivity index (χ1v) is 8.73. The molecular formula is C19H19BrN2O2. The molecule has 1 aliphatic heterocycles. The van der Waals surface area contributed by atoms with Crippen LogP contribution in [0.4, 0.5) is 0 Å². The Bertz CT molecular complexity index is 771. The fraction of sp³-hybridized carbons (Fsp3) is 0.263. The second-order valence-corrected chi connectivity index (χ2v) is 6.56. The molecule has 1 amide bonds. The van der Waals surface area contributed by atoms with Gasteiger partial charge in [0.15, 0.2) is 0 Å². The lowest BCUT2D eigenvalue weighted by atomic mass is 9.98. The summed E-state index contributed by atoms with van der Waals surface area (Å²) in [5.41, 5.74) is 3.00. The number of nitrogens with zero attached hydrogens (tertiary/aromatic N) is 2. The van der Waals surface area contributed by atoms with Crippen LogP contribution in [0.25, 0.3) is 0 Å². The van der Waals surface area contributed by atoms with Crippen LogP contribution in [0.5, 0.6) is 5.75 Å². The third kappa shape index (κ3) is 3.51. The van der Waals surface area contributed by atoms with Crippen molar-refractivity contribution in [3.05, 3.63) is 64.1 Å². The van der Waals surface area contributed by atoms with E-state index in [1.807, 2.05) is 55.5 Å². The van der Waals surface area contributed by atoms with E-state index >= 15 is 0 Å². The minimum absolute atomic E-state index is 0.0547. The predicted octanol–water partition coefficient (Wildman–Crippen LogP) is 4.55. The summed E-state index contributed by atoms with van der Waals surface area (Å²) in [7, 11) is 0. The number of hydrogen-bond donors (Lipinski definition) is 0. The van der Waals surface area contributed by atoms with Crippen molar-refractivity contribution in [2.75, 3.05) is 6.61 Å². The molecule has 2 aromatic rings. The Morgan fingerprint density at radius 1 is 1.29 bits per heavy atom. The van der Waals surface area contributed by atoms with Crippen molar-refractivity contribution in [2.24, 2.45) is 5.10 Å². The van der Waals surface area contributed by atoms with Crippen molar-refractivity contribution in [1.29, 1.82) is 0 Å². The topological polar surface area (TPSA) is 41.9 Å². The van der Waals surface area contributed by atoms with Gasteiger partial charge >= 0.3 is 0 Å². The van der Waals surface area contributed by atoms with Crippen molar-refractivity contribution in [3.8, 4) is 5.75 Å². The molecular weight excluding hydrogens is 368 g/mol. The van der Waals surface area contributed by atoms with Gasteiger partial charge in [-0.05, 0) is 54.4 Å². The summed E-state index contributed by atoms with van der Waals surface area (Å²) in [6, 6.07) is 15.8. The summed E-state index contributed by atoms with van der Waals surface area (Å²) in [6.07, 6.45) is 0.698. The van der Waals surface area contributed by atoms with E-state index in [0.29, 0.717) is 13.0 Å². The van der Waals surface area contributed by atoms with Crippen LogP contribution in [0.3, 0.4) is 0 Å². The van der Waals surface area contributed by atoms with Gasteiger partial charge in [-0.1, -0.05) is 28.1 Å². The normalized spacial score (nSPS) is 16.9. The molecule has 1 aliphatic rings. The summed E-state index contributed by atoms with van der Waals surface area (Å²) in [4.78, 5) is 12.0. The number of hydrogen-bond acceptors (Lipinski definition) is 3. The molecule has 0 aromatic heterocycles. The molecule has 0 aliphatic carbocycles. The first-order chi connectivity index (χ1) is 11.6. The summed E-state index contributed by atoms with van der Waals surface area (Å²) >= 11 is 3.49. The first kappa shape index (κ1) is 16.7. The second-order valence-electron chi connectivity index (χ2n) is 5.64. The highest BCUT2D eigenvalue weighted by atomic mass is 79.9. The number of amides is 1. The second kappa shape index (κ2) is 7.18. The molecule has 0 N–H and O–H groups in total. The van der Waals surface area contributed by atoms with Crippen LogP contribution in [0.1, 0.15) is 37.4 Å². The maximum Gasteiger partial charge on any atom is 0.240 e. The van der Waals surface area contributed by atoms with Crippen LogP contribution in [0, 0.1) is 0 Å². The standard InChI is InChI=1S/C19H19BrN2O2/c1-3-24-17-9-7-14(8-10-17)18-12-19(22(21-18)13(2)23)15-5-4-6-16(20)11-15/h4-11,19H,3,12H2,1-2H3/t19-/m0/s1. The molecule has 0 spiro atoms. The highest BCUT2D eigenvalue weighted by Gasteiger charge is 2.31. The number of rotatable bonds is 4. The average molecular weight is 387 g/mol. The predicted molar refractivity (Wildman–Crippen MR) is 98.2 cm³/mol. The molecule has 0 bridgehead atoms. The largest absolute Gasteiger partial charge is 0.494 e. The number of carbonyl (C=O) groups excluding carboxylic acids is 1. The van der Waals surface area contributed by atoms with E-state index in [1.165, 1.54) is 0 Å². The molecule has 0 radical (unpaired) electrons. The van der Waals surface area contributed by atoms with E-state index in [4.69, 9.17) is 4.74 Å². The van der Waals surface area contributed by atoms with Gasteiger partial charge in [0.2, 0.25) is 5.91 Å². The molecule has 2 aromatic carbocycles. The van der Waals surface area contributed by atoms with E-state index in [9.17, 15) is 4.79 Å². The van der Waals surface area contributed by atoms with Crippen molar-refractivity contribution < 1.29 is 9.53 Å². The van der Waals surface area contributed by atoms with Gasteiger partial charge in [-0.3, -0.25) is 4.79 Å². The van der Waals surface area contributed by atoms with E-state index in [1.54, 1.807) is 11.9 Å². The minimum atomic E-state index is -0.0680. The van der Waals surface area contributed by atoms with Crippen molar-refractivity contribution in [3.63, 3.8) is 0 Å². The van der Waals surface area contributed by atoms with Gasteiger partial charge in [-0.2, -0.15) is 5.10 Å². The van der Waals surface area contributed by atoms with Crippen LogP contribution >= 0.6 is 15.9 Å². The van der Waals surface area contributed by atoms with Gasteiger partial charge in [0.1, 0.15) is 5.75 Å². The molecule has 24 heavy (non-hydrogen) atoms. The van der Waals surface area contributed by atoms with Crippen molar-refractivity contribution in [1.82, 2.24) is 5.01 Å². The van der Waals surface area contributed by atoms with Crippen molar-refractivity contribution in [2.45, 2.75) is 26.3 Å². The fourth-order valence-corrected chi connectivity index (χ4v) is 3.28. The van der Waals surface area contributed by atoms with E-state index < -0.39 is 0 Å². The maximum absolute atomic E-state index is 12.0. The first-order valence-electron chi connectivity index (χ1n) is 7.94. The molecule has 1 heterocycles. The quantitative estimate of drug-likeness (QED) is 0.773. The number of carbonyl (C=O) groups is 1.